The summed E-state index contributed by atoms with van der Waals surface area (Å²) in [7, 11) is 0. The smallest absolute Gasteiger partial charge is 0.221 e. The molecule has 1 aliphatic heterocycles. The number of anilines is 1. The van der Waals surface area contributed by atoms with Gasteiger partial charge in [-0.3, -0.25) is 9.69 Å². The minimum atomic E-state index is -0.666. The van der Waals surface area contributed by atoms with Crippen molar-refractivity contribution in [2.45, 2.75) is 32.5 Å². The Morgan fingerprint density at radius 2 is 2.07 bits per heavy atom. The van der Waals surface area contributed by atoms with E-state index in [0.717, 1.165) is 18.5 Å². The van der Waals surface area contributed by atoms with Gasteiger partial charge in [-0.1, -0.05) is 29.3 Å². The Kier molecular flexibility index (Phi) is 7.83. The van der Waals surface area contributed by atoms with Crippen LogP contribution >= 0.6 is 23.2 Å². The molecule has 0 saturated carbocycles. The van der Waals surface area contributed by atoms with Crippen molar-refractivity contribution in [1.29, 1.82) is 0 Å². The van der Waals surface area contributed by atoms with Gasteiger partial charge in [0, 0.05) is 32.6 Å². The van der Waals surface area contributed by atoms with Gasteiger partial charge in [0.25, 0.3) is 0 Å². The lowest BCUT2D eigenvalue weighted by Gasteiger charge is -2.21. The Bertz CT molecular complexity index is 893. The number of β-amino-alcohol motifs (C(OH)–C–C–N with tert-alkyl or cyclic N) is 1. The molecule has 3 rings (SSSR count). The molecule has 2 aromatic rings. The second kappa shape index (κ2) is 10.4. The van der Waals surface area contributed by atoms with Crippen LogP contribution in [0, 0.1) is 6.92 Å². The number of nitrogens with one attached hydrogen (secondary N) is 1. The summed E-state index contributed by atoms with van der Waals surface area (Å²) in [6.45, 7) is 5.52. The average Bonchev–Trinajstić information content (AvgIpc) is 3.10. The molecule has 1 heterocycles. The molecule has 2 N–H and O–H groups in total. The molecule has 8 heteroatoms. The molecule has 0 radical (unpaired) electrons. The van der Waals surface area contributed by atoms with Gasteiger partial charge in [0.2, 0.25) is 5.91 Å². The molecule has 0 aliphatic carbocycles. The number of aliphatic hydroxyl groups is 1. The summed E-state index contributed by atoms with van der Waals surface area (Å²) in [5, 5.41) is 14.1. The molecule has 1 saturated heterocycles. The van der Waals surface area contributed by atoms with Gasteiger partial charge < -0.3 is 19.9 Å². The van der Waals surface area contributed by atoms with E-state index in [9.17, 15) is 9.90 Å². The standard InChI is InChI=1S/C22H26Cl2N2O4/c1-14-3-6-22(21(9-14)25-15(2)27)29-13-16(28)11-26-8-7-18(12-26)30-17-4-5-19(23)20(24)10-17/h3-6,9-10,16,18,28H,7-8,11-13H2,1-2H3,(H,25,27). The van der Waals surface area contributed by atoms with Crippen molar-refractivity contribution in [3.8, 4) is 11.5 Å². The Balaban J connectivity index is 1.47. The highest BCUT2D eigenvalue weighted by Gasteiger charge is 2.26. The van der Waals surface area contributed by atoms with Gasteiger partial charge in [-0.05, 0) is 43.2 Å². The molecule has 30 heavy (non-hydrogen) atoms. The summed E-state index contributed by atoms with van der Waals surface area (Å²) in [5.41, 5.74) is 1.61. The van der Waals surface area contributed by atoms with E-state index in [2.05, 4.69) is 10.2 Å². The van der Waals surface area contributed by atoms with Crippen molar-refractivity contribution in [1.82, 2.24) is 4.90 Å². The summed E-state index contributed by atoms with van der Waals surface area (Å²) in [4.78, 5) is 13.5. The van der Waals surface area contributed by atoms with Crippen LogP contribution in [0.15, 0.2) is 36.4 Å². The number of halogens is 2. The van der Waals surface area contributed by atoms with Crippen molar-refractivity contribution in [3.63, 3.8) is 0 Å². The van der Waals surface area contributed by atoms with E-state index in [1.807, 2.05) is 19.1 Å². The van der Waals surface area contributed by atoms with Crippen molar-refractivity contribution >= 4 is 34.8 Å². The van der Waals surface area contributed by atoms with E-state index in [0.29, 0.717) is 40.3 Å². The summed E-state index contributed by atoms with van der Waals surface area (Å²) in [5.74, 6) is 1.05. The lowest BCUT2D eigenvalue weighted by molar-refractivity contribution is -0.114. The van der Waals surface area contributed by atoms with Crippen molar-refractivity contribution in [2.24, 2.45) is 0 Å². The SMILES string of the molecule is CC(=O)Nc1cc(C)ccc1OCC(O)CN1CCC(Oc2ccc(Cl)c(Cl)c2)C1. The third-order valence-corrected chi connectivity index (χ3v) is 5.51. The minimum absolute atomic E-state index is 0.0267. The molecule has 2 atom stereocenters. The molecule has 6 nitrogen and oxygen atoms in total. The van der Waals surface area contributed by atoms with Gasteiger partial charge in [-0.25, -0.2) is 0 Å². The van der Waals surface area contributed by atoms with Crippen LogP contribution in [0.4, 0.5) is 5.69 Å². The van der Waals surface area contributed by atoms with Gasteiger partial charge in [0.15, 0.2) is 0 Å². The molecule has 162 valence electrons. The summed E-state index contributed by atoms with van der Waals surface area (Å²) in [6, 6.07) is 10.8. The van der Waals surface area contributed by atoms with Crippen LogP contribution in [-0.4, -0.2) is 54.4 Å². The van der Waals surface area contributed by atoms with Crippen LogP contribution in [-0.2, 0) is 4.79 Å². The summed E-state index contributed by atoms with van der Waals surface area (Å²) < 4.78 is 11.7. The zero-order valence-corrected chi connectivity index (χ0v) is 18.5. The van der Waals surface area contributed by atoms with Crippen molar-refractivity contribution in [3.05, 3.63) is 52.0 Å². The predicted molar refractivity (Wildman–Crippen MR) is 119 cm³/mol. The average molecular weight is 453 g/mol. The molecule has 2 aromatic carbocycles. The third-order valence-electron chi connectivity index (χ3n) is 4.77. The molecule has 0 spiro atoms. The number of rotatable bonds is 8. The van der Waals surface area contributed by atoms with Gasteiger partial charge in [-0.2, -0.15) is 0 Å². The Labute approximate surface area is 186 Å². The first-order valence-corrected chi connectivity index (χ1v) is 10.6. The maximum Gasteiger partial charge on any atom is 0.221 e. The van der Waals surface area contributed by atoms with E-state index in [4.69, 9.17) is 32.7 Å². The highest BCUT2D eigenvalue weighted by Crippen LogP contribution is 2.28. The van der Waals surface area contributed by atoms with Gasteiger partial charge in [0.1, 0.15) is 30.3 Å². The van der Waals surface area contributed by atoms with Crippen LogP contribution in [0.5, 0.6) is 11.5 Å². The second-order valence-corrected chi connectivity index (χ2v) is 8.32. The topological polar surface area (TPSA) is 71.0 Å². The molecule has 0 bridgehead atoms. The number of amides is 1. The van der Waals surface area contributed by atoms with Gasteiger partial charge >= 0.3 is 0 Å². The maximum atomic E-state index is 11.4. The highest BCUT2D eigenvalue weighted by atomic mass is 35.5. The normalized spacial score (nSPS) is 17.6. The van der Waals surface area contributed by atoms with Crippen LogP contribution in [0.3, 0.4) is 0 Å². The number of ether oxygens (including phenoxy) is 2. The molecule has 1 amide bonds. The fourth-order valence-corrected chi connectivity index (χ4v) is 3.68. The zero-order valence-electron chi connectivity index (χ0n) is 17.0. The number of carbonyl (C=O) groups is 1. The highest BCUT2D eigenvalue weighted by molar-refractivity contribution is 6.42. The number of hydrogen-bond acceptors (Lipinski definition) is 5. The van der Waals surface area contributed by atoms with E-state index in [1.165, 1.54) is 6.92 Å². The van der Waals surface area contributed by atoms with Crippen LogP contribution in [0.25, 0.3) is 0 Å². The molecule has 1 fully saturated rings. The number of carbonyl (C=O) groups excluding carboxylic acids is 1. The number of benzene rings is 2. The number of aryl methyl sites for hydroxylation is 1. The maximum absolute atomic E-state index is 11.4. The summed E-state index contributed by atoms with van der Waals surface area (Å²) in [6.07, 6.45) is 0.220. The first-order chi connectivity index (χ1) is 14.3. The van der Waals surface area contributed by atoms with Crippen LogP contribution < -0.4 is 14.8 Å². The monoisotopic (exact) mass is 452 g/mol. The lowest BCUT2D eigenvalue weighted by Crippen LogP contribution is -2.35. The minimum Gasteiger partial charge on any atom is -0.489 e. The molecular weight excluding hydrogens is 427 g/mol. The second-order valence-electron chi connectivity index (χ2n) is 7.51. The molecule has 0 aromatic heterocycles. The molecule has 1 aliphatic rings. The lowest BCUT2D eigenvalue weighted by atomic mass is 10.2. The van der Waals surface area contributed by atoms with E-state index < -0.39 is 6.10 Å². The quantitative estimate of drug-likeness (QED) is 0.629. The number of hydrogen-bond donors (Lipinski definition) is 2. The van der Waals surface area contributed by atoms with Crippen molar-refractivity contribution in [2.75, 3.05) is 31.6 Å². The Morgan fingerprint density at radius 3 is 2.80 bits per heavy atom. The zero-order chi connectivity index (χ0) is 21.7. The van der Waals surface area contributed by atoms with E-state index in [-0.39, 0.29) is 18.6 Å². The number of aliphatic hydroxyl groups excluding tert-OH is 1. The van der Waals surface area contributed by atoms with Gasteiger partial charge in [0.05, 0.1) is 15.7 Å². The molecule has 2 unspecified atom stereocenters. The van der Waals surface area contributed by atoms with E-state index in [1.54, 1.807) is 24.3 Å². The molecular formula is C22H26Cl2N2O4. The Hall–Kier alpha value is -1.99. The van der Waals surface area contributed by atoms with Crippen molar-refractivity contribution < 1.29 is 19.4 Å². The first kappa shape index (κ1) is 22.7. The first-order valence-electron chi connectivity index (χ1n) is 9.83. The van der Waals surface area contributed by atoms with Gasteiger partial charge in [-0.15, -0.1) is 0 Å². The Morgan fingerprint density at radius 1 is 1.27 bits per heavy atom. The number of nitrogens with zero attached hydrogens (tertiary/aromatic N) is 1. The fourth-order valence-electron chi connectivity index (χ4n) is 3.40. The van der Waals surface area contributed by atoms with Crippen LogP contribution in [0.2, 0.25) is 10.0 Å². The van der Waals surface area contributed by atoms with Crippen LogP contribution in [0.1, 0.15) is 18.9 Å². The predicted octanol–water partition coefficient (Wildman–Crippen LogP) is 4.15. The largest absolute Gasteiger partial charge is 0.489 e. The number of likely N-dealkylation sites (tertiary alicyclic amines) is 1. The summed E-state index contributed by atoms with van der Waals surface area (Å²) >= 11 is 12.0. The third kappa shape index (κ3) is 6.51. The van der Waals surface area contributed by atoms with E-state index >= 15 is 0 Å². The fraction of sp³-hybridized carbons (Fsp3) is 0.409.